The van der Waals surface area contributed by atoms with E-state index in [1.807, 2.05) is 24.1 Å². The van der Waals surface area contributed by atoms with Crippen molar-refractivity contribution in [3.05, 3.63) is 35.4 Å². The normalized spacial score (nSPS) is 22.9. The van der Waals surface area contributed by atoms with Crippen LogP contribution in [0.3, 0.4) is 0 Å². The highest BCUT2D eigenvalue weighted by molar-refractivity contribution is 5.72. The Morgan fingerprint density at radius 1 is 1.25 bits per heavy atom. The van der Waals surface area contributed by atoms with Gasteiger partial charge in [0.1, 0.15) is 23.4 Å². The molecule has 0 radical (unpaired) electrons. The number of para-hydroxylation sites is 1. The van der Waals surface area contributed by atoms with Gasteiger partial charge >= 0.3 is 0 Å². The monoisotopic (exact) mass is 386 g/mol. The Bertz CT molecular complexity index is 848. The first-order valence-electron chi connectivity index (χ1n) is 9.86. The second-order valence-electron chi connectivity index (χ2n) is 8.06. The Kier molecular flexibility index (Phi) is 5.21. The molecule has 1 unspecified atom stereocenters. The lowest BCUT2D eigenvalue weighted by molar-refractivity contribution is 0.00833. The molecule has 6 nitrogen and oxygen atoms in total. The maximum absolute atomic E-state index is 12.4. The lowest BCUT2D eigenvalue weighted by atomic mass is 9.94. The molecule has 3 aliphatic rings. The molecule has 1 aromatic heterocycles. The fourth-order valence-electron chi connectivity index (χ4n) is 3.93. The molecule has 3 N–H and O–H groups in total. The van der Waals surface area contributed by atoms with Crippen LogP contribution < -0.4 is 5.73 Å². The molecular weight excluding hydrogens is 359 g/mol. The average molecular weight is 386 g/mol. The molecule has 1 atom stereocenters. The SMILES string of the molecule is CN1CCCC(F)C1.Nc1nnc(-c2ccccc2O)c2c1CC1(CC1)OC2. The number of nitrogen functional groups attached to an aromatic ring is 1. The molecule has 2 fully saturated rings. The average Bonchev–Trinajstić information content (AvgIpc) is 3.42. The number of aromatic hydroxyl groups is 1. The van der Waals surface area contributed by atoms with E-state index in [4.69, 9.17) is 10.5 Å². The maximum Gasteiger partial charge on any atom is 0.149 e. The van der Waals surface area contributed by atoms with Gasteiger partial charge in [0.25, 0.3) is 0 Å². The molecule has 28 heavy (non-hydrogen) atoms. The predicted molar refractivity (Wildman–Crippen MR) is 106 cm³/mol. The van der Waals surface area contributed by atoms with E-state index in [1.165, 1.54) is 0 Å². The Labute approximate surface area is 164 Å². The van der Waals surface area contributed by atoms with Crippen molar-refractivity contribution in [2.24, 2.45) is 0 Å². The molecule has 2 aromatic rings. The van der Waals surface area contributed by atoms with Crippen LogP contribution in [0.25, 0.3) is 11.3 Å². The van der Waals surface area contributed by atoms with E-state index >= 15 is 0 Å². The lowest BCUT2D eigenvalue weighted by Crippen LogP contribution is -2.32. The number of hydrogen-bond donors (Lipinski definition) is 2. The molecule has 0 amide bonds. The molecule has 3 heterocycles. The summed E-state index contributed by atoms with van der Waals surface area (Å²) in [7, 11) is 1.96. The van der Waals surface area contributed by atoms with Crippen molar-refractivity contribution in [2.75, 3.05) is 25.9 Å². The van der Waals surface area contributed by atoms with Gasteiger partial charge in [-0.15, -0.1) is 10.2 Å². The number of hydrogen-bond acceptors (Lipinski definition) is 6. The van der Waals surface area contributed by atoms with Gasteiger partial charge in [0.15, 0.2) is 0 Å². The molecule has 1 saturated carbocycles. The zero-order valence-electron chi connectivity index (χ0n) is 16.2. The van der Waals surface area contributed by atoms with Crippen LogP contribution in [0, 0.1) is 0 Å². The smallest absolute Gasteiger partial charge is 0.149 e. The summed E-state index contributed by atoms with van der Waals surface area (Å²) in [6.07, 6.45) is 4.20. The van der Waals surface area contributed by atoms with Crippen molar-refractivity contribution in [3.8, 4) is 17.0 Å². The number of benzene rings is 1. The molecule has 1 aromatic carbocycles. The topological polar surface area (TPSA) is 84.5 Å². The van der Waals surface area contributed by atoms with Crippen molar-refractivity contribution < 1.29 is 14.2 Å². The maximum atomic E-state index is 12.4. The molecule has 0 bridgehead atoms. The number of halogens is 1. The molecule has 1 aliphatic carbocycles. The summed E-state index contributed by atoms with van der Waals surface area (Å²) in [6.45, 7) is 2.19. The molecule has 2 aliphatic heterocycles. The third-order valence-electron chi connectivity index (χ3n) is 5.77. The lowest BCUT2D eigenvalue weighted by Gasteiger charge is -2.27. The van der Waals surface area contributed by atoms with Crippen LogP contribution in [0.4, 0.5) is 10.2 Å². The molecule has 5 rings (SSSR count). The minimum absolute atomic E-state index is 0.0137. The first-order chi connectivity index (χ1) is 13.5. The van der Waals surface area contributed by atoms with Gasteiger partial charge in [0.2, 0.25) is 0 Å². The Balaban J connectivity index is 0.000000203. The minimum atomic E-state index is -0.561. The van der Waals surface area contributed by atoms with Gasteiger partial charge in [-0.3, -0.25) is 0 Å². The van der Waals surface area contributed by atoms with Crippen LogP contribution in [0.2, 0.25) is 0 Å². The fraction of sp³-hybridized carbons (Fsp3) is 0.524. The van der Waals surface area contributed by atoms with Gasteiger partial charge in [-0.2, -0.15) is 0 Å². The number of phenols is 1. The van der Waals surface area contributed by atoms with Crippen molar-refractivity contribution in [1.82, 2.24) is 15.1 Å². The van der Waals surface area contributed by atoms with E-state index in [2.05, 4.69) is 10.2 Å². The second-order valence-corrected chi connectivity index (χ2v) is 8.06. The quantitative estimate of drug-likeness (QED) is 0.784. The van der Waals surface area contributed by atoms with Gasteiger partial charge in [0, 0.05) is 29.7 Å². The number of rotatable bonds is 1. The van der Waals surface area contributed by atoms with E-state index in [9.17, 15) is 9.50 Å². The van der Waals surface area contributed by atoms with Crippen molar-refractivity contribution in [1.29, 1.82) is 0 Å². The van der Waals surface area contributed by atoms with Gasteiger partial charge in [-0.25, -0.2) is 4.39 Å². The number of nitrogens with two attached hydrogens (primary N) is 1. The molecular formula is C21H27FN4O2. The van der Waals surface area contributed by atoms with Gasteiger partial charge < -0.3 is 20.5 Å². The van der Waals surface area contributed by atoms with Crippen LogP contribution in [-0.4, -0.2) is 52.1 Å². The van der Waals surface area contributed by atoms with E-state index in [0.717, 1.165) is 49.8 Å². The highest BCUT2D eigenvalue weighted by Gasteiger charge is 2.47. The number of nitrogens with zero attached hydrogens (tertiary/aromatic N) is 3. The number of anilines is 1. The van der Waals surface area contributed by atoms with Crippen molar-refractivity contribution >= 4 is 5.82 Å². The Hall–Kier alpha value is -2.25. The summed E-state index contributed by atoms with van der Waals surface area (Å²) in [6, 6.07) is 7.13. The van der Waals surface area contributed by atoms with Crippen LogP contribution >= 0.6 is 0 Å². The highest BCUT2D eigenvalue weighted by atomic mass is 19.1. The minimum Gasteiger partial charge on any atom is -0.507 e. The van der Waals surface area contributed by atoms with Gasteiger partial charge in [0.05, 0.1) is 12.2 Å². The molecule has 1 saturated heterocycles. The van der Waals surface area contributed by atoms with Gasteiger partial charge in [-0.05, 0) is 51.4 Å². The highest BCUT2D eigenvalue weighted by Crippen LogP contribution is 2.48. The third-order valence-corrected chi connectivity index (χ3v) is 5.77. The predicted octanol–water partition coefficient (Wildman–Crippen LogP) is 3.09. The van der Waals surface area contributed by atoms with E-state index in [0.29, 0.717) is 30.2 Å². The zero-order chi connectivity index (χ0) is 19.7. The largest absolute Gasteiger partial charge is 0.507 e. The number of fused-ring (bicyclic) bond motifs is 1. The summed E-state index contributed by atoms with van der Waals surface area (Å²) in [5, 5.41) is 18.3. The number of ether oxygens (including phenoxy) is 1. The number of piperidine rings is 1. The van der Waals surface area contributed by atoms with Crippen LogP contribution in [0.15, 0.2) is 24.3 Å². The second kappa shape index (κ2) is 7.64. The molecule has 1 spiro atoms. The fourth-order valence-corrected chi connectivity index (χ4v) is 3.93. The summed E-state index contributed by atoms with van der Waals surface area (Å²) >= 11 is 0. The third kappa shape index (κ3) is 3.95. The summed E-state index contributed by atoms with van der Waals surface area (Å²) in [5.74, 6) is 0.675. The van der Waals surface area contributed by atoms with Crippen LogP contribution in [0.5, 0.6) is 5.75 Å². The standard InChI is InChI=1S/C15H15N3O2.C6H12FN/c16-14-10-7-15(5-6-15)20-8-11(10)13(17-18-14)9-3-1-2-4-12(9)19;1-8-4-2-3-6(7)5-8/h1-4,19H,5-8H2,(H2,16,18);6H,2-5H2,1H3. The van der Waals surface area contributed by atoms with E-state index in [1.54, 1.807) is 12.1 Å². The van der Waals surface area contributed by atoms with E-state index in [-0.39, 0.29) is 11.4 Å². The number of likely N-dealkylation sites (tertiary alicyclic amines) is 1. The number of phenolic OH excluding ortho intramolecular Hbond substituents is 1. The van der Waals surface area contributed by atoms with Crippen LogP contribution in [-0.2, 0) is 17.8 Å². The van der Waals surface area contributed by atoms with Gasteiger partial charge in [-0.1, -0.05) is 12.1 Å². The first-order valence-corrected chi connectivity index (χ1v) is 9.86. The molecule has 150 valence electrons. The van der Waals surface area contributed by atoms with Crippen molar-refractivity contribution in [2.45, 2.75) is 50.5 Å². The zero-order valence-corrected chi connectivity index (χ0v) is 16.2. The van der Waals surface area contributed by atoms with Crippen LogP contribution in [0.1, 0.15) is 36.8 Å². The molecule has 7 heteroatoms. The first kappa shape index (κ1) is 19.1. The summed E-state index contributed by atoms with van der Waals surface area (Å²) < 4.78 is 18.3. The Morgan fingerprint density at radius 2 is 2.04 bits per heavy atom. The number of alkyl halides is 1. The summed E-state index contributed by atoms with van der Waals surface area (Å²) in [4.78, 5) is 2.04. The summed E-state index contributed by atoms with van der Waals surface area (Å²) in [5.41, 5.74) is 9.30. The van der Waals surface area contributed by atoms with E-state index < -0.39 is 6.17 Å². The Morgan fingerprint density at radius 3 is 2.68 bits per heavy atom. The van der Waals surface area contributed by atoms with Crippen molar-refractivity contribution in [3.63, 3.8) is 0 Å². The number of aromatic nitrogens is 2.